The van der Waals surface area contributed by atoms with Crippen molar-refractivity contribution in [1.82, 2.24) is 0 Å². The van der Waals surface area contributed by atoms with Crippen LogP contribution in [0.5, 0.6) is 0 Å². The molecule has 0 saturated heterocycles. The number of rotatable bonds is 1. The average Bonchev–Trinajstić information content (AvgIpc) is 1.41. The van der Waals surface area contributed by atoms with Crippen molar-refractivity contribution in [3.63, 3.8) is 0 Å². The van der Waals surface area contributed by atoms with Crippen LogP contribution in [0.4, 0.5) is 0 Å². The second-order valence-electron chi connectivity index (χ2n) is 0.498. The Balaban J connectivity index is -0.0000000800. The molecule has 7 heavy (non-hydrogen) atoms. The number of ether oxygens (including phenoxy) is 1. The normalized spacial score (nSPS) is 4.00. The monoisotopic (exact) mass is 82.1 g/mol. The molecular formula is C4H4Li2O. The fraction of sp³-hybridized carbons (Fsp3) is 0.250. The summed E-state index contributed by atoms with van der Waals surface area (Å²) in [6.45, 7) is 1.17. The van der Waals surface area contributed by atoms with Gasteiger partial charge in [-0.25, -0.2) is 6.61 Å². The van der Waals surface area contributed by atoms with Crippen LogP contribution in [0.1, 0.15) is 0 Å². The van der Waals surface area contributed by atoms with E-state index in [1.54, 1.807) is 0 Å². The van der Waals surface area contributed by atoms with Crippen LogP contribution >= 0.6 is 0 Å². The molecule has 0 rings (SSSR count). The summed E-state index contributed by atoms with van der Waals surface area (Å²) in [5, 5.41) is 0. The van der Waals surface area contributed by atoms with Crippen LogP contribution < -0.4 is 37.7 Å². The Morgan fingerprint density at radius 1 is 1.57 bits per heavy atom. The zero-order valence-electron chi connectivity index (χ0n) is 4.99. The van der Waals surface area contributed by atoms with Gasteiger partial charge in [-0.1, -0.05) is 0 Å². The van der Waals surface area contributed by atoms with Gasteiger partial charge in [0.15, 0.2) is 0 Å². The Kier molecular flexibility index (Phi) is 35.7. The van der Waals surface area contributed by atoms with E-state index in [1.165, 1.54) is 13.7 Å². The molecule has 0 amide bonds. The summed E-state index contributed by atoms with van der Waals surface area (Å²) in [5.41, 5.74) is 0. The largest absolute Gasteiger partial charge is 1.00 e. The fourth-order valence-corrected chi connectivity index (χ4v) is 0.0589. The molecule has 0 saturated carbocycles. The van der Waals surface area contributed by atoms with Crippen molar-refractivity contribution in [2.45, 2.75) is 0 Å². The van der Waals surface area contributed by atoms with Gasteiger partial charge in [0.2, 0.25) is 0 Å². The van der Waals surface area contributed by atoms with Gasteiger partial charge in [-0.15, -0.1) is 0 Å². The maximum absolute atomic E-state index is 6.17. The Labute approximate surface area is 68.5 Å². The van der Waals surface area contributed by atoms with Crippen LogP contribution in [0.15, 0.2) is 0 Å². The quantitative estimate of drug-likeness (QED) is 0.174. The summed E-state index contributed by atoms with van der Waals surface area (Å²) in [6.07, 6.45) is 6.17. The molecule has 28 valence electrons. The molecule has 0 fully saturated rings. The van der Waals surface area contributed by atoms with Crippen LogP contribution in [-0.2, 0) is 4.74 Å². The first-order valence-corrected chi connectivity index (χ1v) is 1.18. The second kappa shape index (κ2) is 16.0. The Morgan fingerprint density at radius 2 is 2.00 bits per heavy atom. The second-order valence-corrected chi connectivity index (χ2v) is 0.498. The molecule has 0 aliphatic rings. The Bertz CT molecular complexity index is 48.1. The molecule has 1 nitrogen and oxygen atoms in total. The van der Waals surface area contributed by atoms with E-state index in [0.717, 1.165) is 0 Å². The van der Waals surface area contributed by atoms with Gasteiger partial charge < -0.3 is 17.1 Å². The minimum atomic E-state index is 0. The Morgan fingerprint density at radius 3 is 2.00 bits per heavy atom. The van der Waals surface area contributed by atoms with Crippen molar-refractivity contribution >= 4 is 0 Å². The van der Waals surface area contributed by atoms with Crippen LogP contribution in [-0.4, -0.2) is 7.11 Å². The van der Waals surface area contributed by atoms with Crippen molar-refractivity contribution < 1.29 is 42.5 Å². The summed E-state index contributed by atoms with van der Waals surface area (Å²) in [5.74, 6) is 1.92. The third-order valence-corrected chi connectivity index (χ3v) is 0.177. The first kappa shape index (κ1) is 15.6. The molecule has 0 aromatic heterocycles. The van der Waals surface area contributed by atoms with Crippen molar-refractivity contribution in [2.75, 3.05) is 7.11 Å². The van der Waals surface area contributed by atoms with Crippen molar-refractivity contribution in [2.24, 2.45) is 0 Å². The third-order valence-electron chi connectivity index (χ3n) is 0.177. The zero-order valence-corrected chi connectivity index (χ0v) is 4.99. The molecule has 0 N–H and O–H groups in total. The van der Waals surface area contributed by atoms with E-state index in [9.17, 15) is 0 Å². The van der Waals surface area contributed by atoms with Gasteiger partial charge in [0.25, 0.3) is 0 Å². The van der Waals surface area contributed by atoms with E-state index < -0.39 is 0 Å². The molecule has 3 heteroatoms. The van der Waals surface area contributed by atoms with Gasteiger partial charge in [-0.2, -0.15) is 0 Å². The molecule has 0 aromatic carbocycles. The van der Waals surface area contributed by atoms with Gasteiger partial charge >= 0.3 is 37.7 Å². The van der Waals surface area contributed by atoms with E-state index in [1.807, 2.05) is 5.92 Å². The molecule has 0 radical (unpaired) electrons. The van der Waals surface area contributed by atoms with Crippen LogP contribution in [0.3, 0.4) is 0 Å². The molecule has 0 bridgehead atoms. The standard InChI is InChI=1S/C4H4O.2Li/c1-3-4-5-2;;/h4H,2H3;;/q-2;2*+1. The number of hydrogen-bond acceptors (Lipinski definition) is 1. The van der Waals surface area contributed by atoms with Crippen LogP contribution in [0, 0.1) is 19.0 Å². The van der Waals surface area contributed by atoms with E-state index in [2.05, 4.69) is 4.74 Å². The van der Waals surface area contributed by atoms with E-state index in [-0.39, 0.29) is 37.7 Å². The smallest absolute Gasteiger partial charge is 0.727 e. The van der Waals surface area contributed by atoms with Crippen molar-refractivity contribution in [1.29, 1.82) is 0 Å². The average molecular weight is 82.0 g/mol. The Hall–Kier alpha value is 0.585. The SMILES string of the molecule is [C-]#C[CH-]OC.[Li+].[Li+]. The van der Waals surface area contributed by atoms with Crippen molar-refractivity contribution in [3.05, 3.63) is 13.0 Å². The number of methoxy groups -OCH3 is 1. The molecule has 0 unspecified atom stereocenters. The minimum Gasteiger partial charge on any atom is -0.727 e. The summed E-state index contributed by atoms with van der Waals surface area (Å²) < 4.78 is 4.27. The topological polar surface area (TPSA) is 9.23 Å². The summed E-state index contributed by atoms with van der Waals surface area (Å²) in [6, 6.07) is 0. The van der Waals surface area contributed by atoms with E-state index >= 15 is 0 Å². The van der Waals surface area contributed by atoms with Crippen molar-refractivity contribution in [3.8, 4) is 5.92 Å². The van der Waals surface area contributed by atoms with E-state index in [4.69, 9.17) is 6.42 Å². The van der Waals surface area contributed by atoms with E-state index in [0.29, 0.717) is 0 Å². The molecule has 0 heterocycles. The van der Waals surface area contributed by atoms with Gasteiger partial charge in [-0.05, 0) is 0 Å². The van der Waals surface area contributed by atoms with Crippen LogP contribution in [0.25, 0.3) is 0 Å². The van der Waals surface area contributed by atoms with Gasteiger partial charge in [0.1, 0.15) is 0 Å². The zero-order chi connectivity index (χ0) is 4.12. The molecule has 0 aliphatic heterocycles. The van der Waals surface area contributed by atoms with Gasteiger partial charge in [0.05, 0.1) is 0 Å². The summed E-state index contributed by atoms with van der Waals surface area (Å²) >= 11 is 0. The number of hydrogen-bond donors (Lipinski definition) is 0. The third kappa shape index (κ3) is 20.7. The molecule has 0 atom stereocenters. The predicted octanol–water partition coefficient (Wildman–Crippen LogP) is -5.61. The minimum absolute atomic E-state index is 0. The summed E-state index contributed by atoms with van der Waals surface area (Å²) in [4.78, 5) is 0. The fourth-order valence-electron chi connectivity index (χ4n) is 0.0589. The first-order valence-electron chi connectivity index (χ1n) is 1.18. The summed E-state index contributed by atoms with van der Waals surface area (Å²) in [7, 11) is 1.47. The maximum Gasteiger partial charge on any atom is 1.00 e. The first-order chi connectivity index (χ1) is 2.41. The maximum atomic E-state index is 6.17. The predicted molar refractivity (Wildman–Crippen MR) is 18.4 cm³/mol. The molecule has 0 aliphatic carbocycles. The van der Waals surface area contributed by atoms with Crippen LogP contribution in [0.2, 0.25) is 0 Å². The molecular weight excluding hydrogens is 77.9 g/mol. The molecule has 0 aromatic rings. The van der Waals surface area contributed by atoms with Gasteiger partial charge in [-0.3, -0.25) is 0 Å². The van der Waals surface area contributed by atoms with Gasteiger partial charge in [0, 0.05) is 7.11 Å². The molecule has 0 spiro atoms.